The van der Waals surface area contributed by atoms with E-state index in [-0.39, 0.29) is 0 Å². The average molecular weight is 217 g/mol. The summed E-state index contributed by atoms with van der Waals surface area (Å²) in [6.07, 6.45) is 0. The first-order chi connectivity index (χ1) is 7.72. The summed E-state index contributed by atoms with van der Waals surface area (Å²) in [5.41, 5.74) is 12.2. The molecule has 0 amide bonds. The highest BCUT2D eigenvalue weighted by atomic mass is 16.6. The summed E-state index contributed by atoms with van der Waals surface area (Å²) < 4.78 is 0. The molecule has 0 saturated heterocycles. The Bertz CT molecular complexity index is 379. The van der Waals surface area contributed by atoms with Crippen LogP contribution in [0, 0.1) is 0 Å². The first kappa shape index (κ1) is 11.9. The van der Waals surface area contributed by atoms with Crippen LogP contribution in [0.15, 0.2) is 54.6 Å². The summed E-state index contributed by atoms with van der Waals surface area (Å²) >= 11 is 0. The Morgan fingerprint density at radius 2 is 1.12 bits per heavy atom. The summed E-state index contributed by atoms with van der Waals surface area (Å²) in [5.74, 6) is 5.54. The number of para-hydroxylation sites is 1. The minimum absolute atomic E-state index is 0.688. The summed E-state index contributed by atoms with van der Waals surface area (Å²) in [6.45, 7) is 0. The second-order valence-corrected chi connectivity index (χ2v) is 3.10. The fourth-order valence-corrected chi connectivity index (χ4v) is 0.995. The van der Waals surface area contributed by atoms with Crippen LogP contribution >= 0.6 is 0 Å². The largest absolute Gasteiger partial charge is 0.412 e. The predicted octanol–water partition coefficient (Wildman–Crippen LogP) is 1.79. The van der Waals surface area contributed by atoms with Gasteiger partial charge in [0.05, 0.1) is 0 Å². The smallest absolute Gasteiger partial charge is 0.146 e. The van der Waals surface area contributed by atoms with Crippen molar-refractivity contribution < 1.29 is 4.84 Å². The molecule has 6 N–H and O–H groups in total. The molecular formula is C12H15N3O. The number of hydrogen-bond acceptors (Lipinski definition) is 4. The molecule has 4 heteroatoms. The Hall–Kier alpha value is -2.20. The maximum absolute atomic E-state index is 5.37. The highest BCUT2D eigenvalue weighted by Crippen LogP contribution is 2.05. The molecule has 4 nitrogen and oxygen atoms in total. The molecule has 2 rings (SSSR count). The van der Waals surface area contributed by atoms with Crippen molar-refractivity contribution in [3.8, 4) is 5.75 Å². The van der Waals surface area contributed by atoms with Crippen LogP contribution in [-0.4, -0.2) is 0 Å². The average Bonchev–Trinajstić information content (AvgIpc) is 2.35. The predicted molar refractivity (Wildman–Crippen MR) is 66.5 cm³/mol. The van der Waals surface area contributed by atoms with Crippen LogP contribution in [0.25, 0.3) is 0 Å². The molecular weight excluding hydrogens is 202 g/mol. The Kier molecular flexibility index (Phi) is 4.69. The third kappa shape index (κ3) is 4.34. The van der Waals surface area contributed by atoms with Gasteiger partial charge in [-0.1, -0.05) is 18.2 Å². The van der Waals surface area contributed by atoms with Gasteiger partial charge in [0.1, 0.15) is 5.75 Å². The lowest BCUT2D eigenvalue weighted by molar-refractivity contribution is 0.334. The van der Waals surface area contributed by atoms with Gasteiger partial charge in [-0.2, -0.15) is 5.90 Å². The van der Waals surface area contributed by atoms with Crippen molar-refractivity contribution in [1.82, 2.24) is 0 Å². The number of nitrogens with two attached hydrogens (primary N) is 3. The van der Waals surface area contributed by atoms with Crippen molar-refractivity contribution in [2.45, 2.75) is 0 Å². The Morgan fingerprint density at radius 3 is 1.44 bits per heavy atom. The summed E-state index contributed by atoms with van der Waals surface area (Å²) in [5, 5.41) is 0. The van der Waals surface area contributed by atoms with Gasteiger partial charge in [0.25, 0.3) is 0 Å². The van der Waals surface area contributed by atoms with Gasteiger partial charge in [-0.25, -0.2) is 0 Å². The van der Waals surface area contributed by atoms with Crippen LogP contribution in [0.3, 0.4) is 0 Å². The van der Waals surface area contributed by atoms with E-state index >= 15 is 0 Å². The zero-order valence-electron chi connectivity index (χ0n) is 8.84. The van der Waals surface area contributed by atoms with Gasteiger partial charge in [-0.15, -0.1) is 0 Å². The second-order valence-electron chi connectivity index (χ2n) is 3.10. The standard InChI is InChI=1S/C6H8N2.C6H7NO/c7-5-1-2-6(8)4-3-5;7-8-6-4-2-1-3-5-6/h1-4H,7-8H2;1-5H,7H2. The molecule has 0 saturated carbocycles. The van der Waals surface area contributed by atoms with Crippen LogP contribution in [0.2, 0.25) is 0 Å². The Labute approximate surface area is 94.6 Å². The minimum Gasteiger partial charge on any atom is -0.412 e. The van der Waals surface area contributed by atoms with E-state index in [1.807, 2.05) is 18.2 Å². The number of rotatable bonds is 1. The molecule has 0 unspecified atom stereocenters. The van der Waals surface area contributed by atoms with E-state index in [2.05, 4.69) is 4.84 Å². The normalized spacial score (nSPS) is 8.81. The van der Waals surface area contributed by atoms with Gasteiger partial charge < -0.3 is 16.3 Å². The van der Waals surface area contributed by atoms with Crippen molar-refractivity contribution in [2.24, 2.45) is 5.90 Å². The number of benzene rings is 2. The van der Waals surface area contributed by atoms with Crippen molar-refractivity contribution in [3.05, 3.63) is 54.6 Å². The minimum atomic E-state index is 0.688. The number of anilines is 2. The zero-order chi connectivity index (χ0) is 11.8. The molecule has 0 fully saturated rings. The lowest BCUT2D eigenvalue weighted by Gasteiger charge is -1.92. The SMILES string of the molecule is NOc1ccccc1.Nc1ccc(N)cc1. The van der Waals surface area contributed by atoms with Gasteiger partial charge in [-0.05, 0) is 36.4 Å². The highest BCUT2D eigenvalue weighted by molar-refractivity contribution is 5.47. The van der Waals surface area contributed by atoms with Crippen LogP contribution < -0.4 is 22.2 Å². The Balaban J connectivity index is 0.000000160. The molecule has 16 heavy (non-hydrogen) atoms. The fraction of sp³-hybridized carbons (Fsp3) is 0. The van der Waals surface area contributed by atoms with Crippen LogP contribution in [-0.2, 0) is 0 Å². The lowest BCUT2D eigenvalue weighted by atomic mass is 10.3. The second kappa shape index (κ2) is 6.31. The van der Waals surface area contributed by atoms with Gasteiger partial charge in [-0.3, -0.25) is 0 Å². The molecule has 2 aromatic carbocycles. The van der Waals surface area contributed by atoms with Gasteiger partial charge in [0, 0.05) is 11.4 Å². The van der Waals surface area contributed by atoms with Crippen LogP contribution in [0.4, 0.5) is 11.4 Å². The molecule has 0 aliphatic carbocycles. The van der Waals surface area contributed by atoms with E-state index in [0.717, 1.165) is 11.4 Å². The van der Waals surface area contributed by atoms with E-state index in [9.17, 15) is 0 Å². The monoisotopic (exact) mass is 217 g/mol. The maximum Gasteiger partial charge on any atom is 0.146 e. The first-order valence-electron chi connectivity index (χ1n) is 4.75. The molecule has 2 aromatic rings. The van der Waals surface area contributed by atoms with Crippen molar-refractivity contribution in [3.63, 3.8) is 0 Å². The van der Waals surface area contributed by atoms with Crippen molar-refractivity contribution >= 4 is 11.4 Å². The van der Waals surface area contributed by atoms with Crippen molar-refractivity contribution in [2.75, 3.05) is 11.5 Å². The van der Waals surface area contributed by atoms with E-state index in [1.165, 1.54) is 0 Å². The third-order valence-corrected chi connectivity index (χ3v) is 1.82. The molecule has 84 valence electrons. The van der Waals surface area contributed by atoms with Gasteiger partial charge >= 0.3 is 0 Å². The quantitative estimate of drug-likeness (QED) is 0.502. The Morgan fingerprint density at radius 1 is 0.688 bits per heavy atom. The number of nitrogen functional groups attached to an aromatic ring is 2. The molecule has 0 spiro atoms. The molecule has 0 bridgehead atoms. The summed E-state index contributed by atoms with van der Waals surface area (Å²) in [6, 6.07) is 16.3. The van der Waals surface area contributed by atoms with Crippen LogP contribution in [0.5, 0.6) is 5.75 Å². The lowest BCUT2D eigenvalue weighted by Crippen LogP contribution is -2.00. The molecule has 0 aromatic heterocycles. The van der Waals surface area contributed by atoms with E-state index in [1.54, 1.807) is 36.4 Å². The van der Waals surface area contributed by atoms with Gasteiger partial charge in [0.2, 0.25) is 0 Å². The summed E-state index contributed by atoms with van der Waals surface area (Å²) in [7, 11) is 0. The highest BCUT2D eigenvalue weighted by Gasteiger charge is 1.81. The number of hydrogen-bond donors (Lipinski definition) is 3. The molecule has 0 aliphatic rings. The maximum atomic E-state index is 5.37. The third-order valence-electron chi connectivity index (χ3n) is 1.82. The van der Waals surface area contributed by atoms with E-state index in [4.69, 9.17) is 17.4 Å². The zero-order valence-corrected chi connectivity index (χ0v) is 8.84. The molecule has 0 heterocycles. The van der Waals surface area contributed by atoms with Crippen molar-refractivity contribution in [1.29, 1.82) is 0 Å². The van der Waals surface area contributed by atoms with Crippen LogP contribution in [0.1, 0.15) is 0 Å². The van der Waals surface area contributed by atoms with Gasteiger partial charge in [0.15, 0.2) is 0 Å². The van der Waals surface area contributed by atoms with E-state index < -0.39 is 0 Å². The topological polar surface area (TPSA) is 87.3 Å². The fourth-order valence-electron chi connectivity index (χ4n) is 0.995. The van der Waals surface area contributed by atoms with E-state index in [0.29, 0.717) is 5.75 Å². The summed E-state index contributed by atoms with van der Waals surface area (Å²) in [4.78, 5) is 4.41. The molecule has 0 aliphatic heterocycles. The molecule has 0 radical (unpaired) electrons. The first-order valence-corrected chi connectivity index (χ1v) is 4.75. The molecule has 0 atom stereocenters.